The van der Waals surface area contributed by atoms with Crippen LogP contribution in [0.4, 0.5) is 23.7 Å². The van der Waals surface area contributed by atoms with E-state index in [2.05, 4.69) is 5.32 Å². The summed E-state index contributed by atoms with van der Waals surface area (Å²) in [6.07, 6.45) is -1.03. The molecular formula is C15H12ClF3N2O2. The molecule has 0 fully saturated rings. The number of aliphatic hydroxyl groups excluding tert-OH is 1. The van der Waals surface area contributed by atoms with Crippen LogP contribution in [0.3, 0.4) is 0 Å². The third-order valence-electron chi connectivity index (χ3n) is 2.96. The summed E-state index contributed by atoms with van der Waals surface area (Å²) in [4.78, 5) is 11.6. The first-order chi connectivity index (χ1) is 10.9. The summed E-state index contributed by atoms with van der Waals surface area (Å²) in [7, 11) is 0. The zero-order valence-corrected chi connectivity index (χ0v) is 12.4. The summed E-state index contributed by atoms with van der Waals surface area (Å²) < 4.78 is 39.5. The van der Waals surface area contributed by atoms with Gasteiger partial charge in [-0.15, -0.1) is 0 Å². The maximum atomic E-state index is 13.4. The van der Waals surface area contributed by atoms with E-state index in [1.54, 1.807) is 24.3 Å². The molecule has 0 heterocycles. The largest absolute Gasteiger partial charge is 0.387 e. The number of hydrogen-bond acceptors (Lipinski definition) is 2. The van der Waals surface area contributed by atoms with E-state index in [0.29, 0.717) is 22.7 Å². The summed E-state index contributed by atoms with van der Waals surface area (Å²) >= 11 is 5.72. The van der Waals surface area contributed by atoms with Gasteiger partial charge in [0.25, 0.3) is 0 Å². The normalized spacial score (nSPS) is 11.9. The average molecular weight is 345 g/mol. The molecule has 4 nitrogen and oxygen atoms in total. The SMILES string of the molecule is O=C(NCC(O)c1ccc(Cl)cc1)Nc1c(F)cc(F)cc1F. The van der Waals surface area contributed by atoms with Crippen molar-refractivity contribution >= 4 is 23.3 Å². The van der Waals surface area contributed by atoms with Gasteiger partial charge in [-0.2, -0.15) is 0 Å². The molecule has 1 unspecified atom stereocenters. The highest BCUT2D eigenvalue weighted by Gasteiger charge is 2.15. The van der Waals surface area contributed by atoms with Gasteiger partial charge in [0.15, 0.2) is 11.6 Å². The minimum absolute atomic E-state index is 0.197. The van der Waals surface area contributed by atoms with Gasteiger partial charge in [-0.25, -0.2) is 18.0 Å². The number of carbonyl (C=O) groups is 1. The fourth-order valence-corrected chi connectivity index (χ4v) is 1.94. The third-order valence-corrected chi connectivity index (χ3v) is 3.21. The Labute approximate surface area is 134 Å². The molecule has 122 valence electrons. The van der Waals surface area contributed by atoms with Crippen molar-refractivity contribution in [1.29, 1.82) is 0 Å². The Morgan fingerprint density at radius 2 is 1.70 bits per heavy atom. The summed E-state index contributed by atoms with van der Waals surface area (Å²) in [5.41, 5.74) is -0.265. The maximum absolute atomic E-state index is 13.4. The van der Waals surface area contributed by atoms with E-state index in [9.17, 15) is 23.1 Å². The average Bonchev–Trinajstić information content (AvgIpc) is 2.49. The van der Waals surface area contributed by atoms with Gasteiger partial charge >= 0.3 is 6.03 Å². The monoisotopic (exact) mass is 344 g/mol. The fraction of sp³-hybridized carbons (Fsp3) is 0.133. The van der Waals surface area contributed by atoms with Crippen LogP contribution in [0.25, 0.3) is 0 Å². The molecule has 0 aliphatic heterocycles. The Hall–Kier alpha value is -2.25. The molecule has 0 radical (unpaired) electrons. The van der Waals surface area contributed by atoms with Crippen LogP contribution in [-0.4, -0.2) is 17.7 Å². The van der Waals surface area contributed by atoms with Crippen molar-refractivity contribution < 1.29 is 23.1 Å². The van der Waals surface area contributed by atoms with E-state index in [0.717, 1.165) is 0 Å². The molecule has 23 heavy (non-hydrogen) atoms. The Morgan fingerprint density at radius 1 is 1.13 bits per heavy atom. The van der Waals surface area contributed by atoms with Crippen molar-refractivity contribution in [2.24, 2.45) is 0 Å². The zero-order valence-electron chi connectivity index (χ0n) is 11.6. The quantitative estimate of drug-likeness (QED) is 0.793. The lowest BCUT2D eigenvalue weighted by Crippen LogP contribution is -2.33. The topological polar surface area (TPSA) is 61.4 Å². The fourth-order valence-electron chi connectivity index (χ4n) is 1.81. The summed E-state index contributed by atoms with van der Waals surface area (Å²) in [5.74, 6) is -3.57. The summed E-state index contributed by atoms with van der Waals surface area (Å²) in [6, 6.07) is 6.25. The van der Waals surface area contributed by atoms with Crippen LogP contribution in [0.5, 0.6) is 0 Å². The van der Waals surface area contributed by atoms with Gasteiger partial charge in [0, 0.05) is 23.7 Å². The zero-order chi connectivity index (χ0) is 17.0. The lowest BCUT2D eigenvalue weighted by atomic mass is 10.1. The Bertz CT molecular complexity index is 687. The minimum Gasteiger partial charge on any atom is -0.387 e. The van der Waals surface area contributed by atoms with E-state index in [4.69, 9.17) is 11.6 Å². The lowest BCUT2D eigenvalue weighted by molar-refractivity contribution is 0.175. The number of anilines is 1. The number of carbonyl (C=O) groups excluding carboxylic acids is 1. The van der Waals surface area contributed by atoms with Crippen LogP contribution < -0.4 is 10.6 Å². The second kappa shape index (κ2) is 7.34. The van der Waals surface area contributed by atoms with Gasteiger partial charge in [-0.3, -0.25) is 0 Å². The van der Waals surface area contributed by atoms with Crippen molar-refractivity contribution in [3.63, 3.8) is 0 Å². The number of benzene rings is 2. The van der Waals surface area contributed by atoms with Crippen molar-refractivity contribution in [2.75, 3.05) is 11.9 Å². The van der Waals surface area contributed by atoms with Gasteiger partial charge in [0.1, 0.15) is 11.5 Å². The van der Waals surface area contributed by atoms with Crippen molar-refractivity contribution in [3.8, 4) is 0 Å². The van der Waals surface area contributed by atoms with Crippen molar-refractivity contribution in [2.45, 2.75) is 6.10 Å². The Balaban J connectivity index is 1.94. The predicted octanol–water partition coefficient (Wildman–Crippen LogP) is 3.61. The van der Waals surface area contributed by atoms with E-state index >= 15 is 0 Å². The van der Waals surface area contributed by atoms with E-state index in [1.165, 1.54) is 0 Å². The van der Waals surface area contributed by atoms with Crippen molar-refractivity contribution in [1.82, 2.24) is 5.32 Å². The molecule has 0 spiro atoms. The molecule has 2 aromatic carbocycles. The van der Waals surface area contributed by atoms with Crippen LogP contribution in [0.15, 0.2) is 36.4 Å². The first kappa shape index (κ1) is 17.1. The third kappa shape index (κ3) is 4.61. The Morgan fingerprint density at radius 3 is 2.26 bits per heavy atom. The van der Waals surface area contributed by atoms with Crippen LogP contribution in [-0.2, 0) is 0 Å². The van der Waals surface area contributed by atoms with Gasteiger partial charge in [-0.05, 0) is 17.7 Å². The number of hydrogen-bond donors (Lipinski definition) is 3. The second-order valence-corrected chi connectivity index (χ2v) is 5.08. The van der Waals surface area contributed by atoms with Gasteiger partial charge in [-0.1, -0.05) is 23.7 Å². The van der Waals surface area contributed by atoms with E-state index < -0.39 is 35.3 Å². The number of aliphatic hydroxyl groups is 1. The first-order valence-electron chi connectivity index (χ1n) is 6.49. The molecule has 2 aromatic rings. The number of nitrogens with one attached hydrogen (secondary N) is 2. The molecular weight excluding hydrogens is 333 g/mol. The number of rotatable bonds is 4. The van der Waals surface area contributed by atoms with E-state index in [1.807, 2.05) is 5.32 Å². The molecule has 1 atom stereocenters. The second-order valence-electron chi connectivity index (χ2n) is 4.65. The highest BCUT2D eigenvalue weighted by molar-refractivity contribution is 6.30. The predicted molar refractivity (Wildman–Crippen MR) is 79.7 cm³/mol. The molecule has 0 bridgehead atoms. The molecule has 2 amide bonds. The Kier molecular flexibility index (Phi) is 5.46. The smallest absolute Gasteiger partial charge is 0.319 e. The first-order valence-corrected chi connectivity index (χ1v) is 6.87. The van der Waals surface area contributed by atoms with Crippen LogP contribution in [0.1, 0.15) is 11.7 Å². The highest BCUT2D eigenvalue weighted by atomic mass is 35.5. The van der Waals surface area contributed by atoms with Gasteiger partial charge in [0.05, 0.1) is 6.10 Å². The van der Waals surface area contributed by atoms with Gasteiger partial charge < -0.3 is 15.7 Å². The number of urea groups is 1. The highest BCUT2D eigenvalue weighted by Crippen LogP contribution is 2.20. The number of amides is 2. The van der Waals surface area contributed by atoms with Crippen LogP contribution in [0.2, 0.25) is 5.02 Å². The molecule has 0 aliphatic carbocycles. The molecule has 0 saturated carbocycles. The summed E-state index contributed by atoms with van der Waals surface area (Å²) in [5, 5.41) is 14.6. The van der Waals surface area contributed by atoms with Gasteiger partial charge in [0.2, 0.25) is 0 Å². The van der Waals surface area contributed by atoms with Crippen LogP contribution >= 0.6 is 11.6 Å². The van der Waals surface area contributed by atoms with Crippen molar-refractivity contribution in [3.05, 3.63) is 64.4 Å². The molecule has 8 heteroatoms. The summed E-state index contributed by atoms with van der Waals surface area (Å²) in [6.45, 7) is -0.197. The lowest BCUT2D eigenvalue weighted by Gasteiger charge is -2.13. The molecule has 0 aliphatic rings. The van der Waals surface area contributed by atoms with E-state index in [-0.39, 0.29) is 6.54 Å². The minimum atomic E-state index is -1.24. The molecule has 0 saturated heterocycles. The molecule has 0 aromatic heterocycles. The number of halogens is 4. The maximum Gasteiger partial charge on any atom is 0.319 e. The molecule has 3 N–H and O–H groups in total. The molecule has 2 rings (SSSR count). The standard InChI is InChI=1S/C15H12ClF3N2O2/c16-9-3-1-8(2-4-9)13(22)7-20-15(23)21-14-11(18)5-10(17)6-12(14)19/h1-6,13,22H,7H2,(H2,20,21,23). The van der Waals surface area contributed by atoms with Crippen LogP contribution in [0, 0.1) is 17.5 Å².